The van der Waals surface area contributed by atoms with Crippen LogP contribution in [0.4, 0.5) is 8.78 Å². The van der Waals surface area contributed by atoms with E-state index in [1.165, 1.54) is 12.1 Å². The van der Waals surface area contributed by atoms with E-state index in [0.717, 1.165) is 35.6 Å². The van der Waals surface area contributed by atoms with Gasteiger partial charge >= 0.3 is 5.97 Å². The summed E-state index contributed by atoms with van der Waals surface area (Å²) in [5.41, 5.74) is 3.97. The maximum absolute atomic E-state index is 13.6. The molecule has 0 fully saturated rings. The van der Waals surface area contributed by atoms with Crippen molar-refractivity contribution in [2.24, 2.45) is 0 Å². The van der Waals surface area contributed by atoms with Gasteiger partial charge in [0.2, 0.25) is 0 Å². The summed E-state index contributed by atoms with van der Waals surface area (Å²) < 4.78 is 27.2. The van der Waals surface area contributed by atoms with Crippen molar-refractivity contribution in [2.45, 2.75) is 39.8 Å². The van der Waals surface area contributed by atoms with Crippen LogP contribution >= 0.6 is 0 Å². The van der Waals surface area contributed by atoms with Gasteiger partial charge in [-0.15, -0.1) is 0 Å². The van der Waals surface area contributed by atoms with Crippen LogP contribution in [0.2, 0.25) is 0 Å². The van der Waals surface area contributed by atoms with E-state index in [9.17, 15) is 18.7 Å². The summed E-state index contributed by atoms with van der Waals surface area (Å²) in [5, 5.41) is 11.3. The summed E-state index contributed by atoms with van der Waals surface area (Å²) in [4.78, 5) is 17.7. The molecule has 0 saturated carbocycles. The van der Waals surface area contributed by atoms with Gasteiger partial charge in [-0.1, -0.05) is 43.7 Å². The zero-order chi connectivity index (χ0) is 23.1. The van der Waals surface area contributed by atoms with Crippen LogP contribution in [0.5, 0.6) is 0 Å². The van der Waals surface area contributed by atoms with E-state index in [4.69, 9.17) is 4.84 Å². The number of rotatable bonds is 10. The molecule has 3 rings (SSSR count). The standard InChI is InChI=1S/C26H27F2NO3/c1-3-4-11-29(16-20-12-21(27)15-22(28)13-20)32-17-19-9-10-24(26(30)31)25(14-19)23-8-6-5-7-18(23)2/h5-10,12-15H,3-4,11,16-17H2,1-2H3,(H,30,31). The van der Waals surface area contributed by atoms with Crippen LogP contribution in [0, 0.1) is 18.6 Å². The van der Waals surface area contributed by atoms with Gasteiger partial charge in [0, 0.05) is 19.2 Å². The molecular formula is C26H27F2NO3. The Labute approximate surface area is 187 Å². The van der Waals surface area contributed by atoms with Crippen LogP contribution in [0.25, 0.3) is 11.1 Å². The zero-order valence-electron chi connectivity index (χ0n) is 18.3. The first-order valence-electron chi connectivity index (χ1n) is 10.6. The highest BCUT2D eigenvalue weighted by Gasteiger charge is 2.15. The number of carboxylic acids is 1. The predicted octanol–water partition coefficient (Wildman–Crippen LogP) is 6.37. The third-order valence-corrected chi connectivity index (χ3v) is 5.21. The number of hydrogen-bond donors (Lipinski definition) is 1. The molecule has 0 aromatic heterocycles. The number of carbonyl (C=O) groups is 1. The lowest BCUT2D eigenvalue weighted by Crippen LogP contribution is -2.25. The molecule has 0 saturated heterocycles. The van der Waals surface area contributed by atoms with Crippen molar-refractivity contribution >= 4 is 5.97 Å². The fraction of sp³-hybridized carbons (Fsp3) is 0.269. The van der Waals surface area contributed by atoms with Crippen molar-refractivity contribution in [3.05, 3.63) is 94.6 Å². The minimum atomic E-state index is -0.992. The number of benzene rings is 3. The number of nitrogens with zero attached hydrogens (tertiary/aromatic N) is 1. The van der Waals surface area contributed by atoms with Crippen LogP contribution in [0.15, 0.2) is 60.7 Å². The second-order valence-electron chi connectivity index (χ2n) is 7.77. The first-order valence-corrected chi connectivity index (χ1v) is 10.6. The highest BCUT2D eigenvalue weighted by atomic mass is 19.1. The van der Waals surface area contributed by atoms with Gasteiger partial charge in [0.05, 0.1) is 12.2 Å². The zero-order valence-corrected chi connectivity index (χ0v) is 18.3. The molecule has 0 bridgehead atoms. The Morgan fingerprint density at radius 1 is 0.969 bits per heavy atom. The number of halogens is 2. The number of aromatic carboxylic acids is 1. The first kappa shape index (κ1) is 23.6. The number of hydrogen-bond acceptors (Lipinski definition) is 3. The minimum absolute atomic E-state index is 0.209. The smallest absolute Gasteiger partial charge is 0.336 e. The molecule has 6 heteroatoms. The van der Waals surface area contributed by atoms with E-state index in [1.807, 2.05) is 37.3 Å². The molecule has 32 heavy (non-hydrogen) atoms. The lowest BCUT2D eigenvalue weighted by Gasteiger charge is -2.22. The van der Waals surface area contributed by atoms with Gasteiger partial charge < -0.3 is 5.11 Å². The summed E-state index contributed by atoms with van der Waals surface area (Å²) in [6, 6.07) is 16.2. The van der Waals surface area contributed by atoms with Gasteiger partial charge in [-0.2, -0.15) is 5.06 Å². The van der Waals surface area contributed by atoms with Crippen LogP contribution in [0.1, 0.15) is 46.8 Å². The molecule has 168 valence electrons. The van der Waals surface area contributed by atoms with E-state index in [-0.39, 0.29) is 18.7 Å². The summed E-state index contributed by atoms with van der Waals surface area (Å²) in [7, 11) is 0. The molecule has 0 heterocycles. The largest absolute Gasteiger partial charge is 0.478 e. The summed E-state index contributed by atoms with van der Waals surface area (Å²) in [6.07, 6.45) is 1.81. The molecule has 0 atom stereocenters. The maximum Gasteiger partial charge on any atom is 0.336 e. The lowest BCUT2D eigenvalue weighted by molar-refractivity contribution is -0.177. The molecule has 0 aliphatic carbocycles. The van der Waals surface area contributed by atoms with Crippen molar-refractivity contribution in [1.29, 1.82) is 0 Å². The van der Waals surface area contributed by atoms with E-state index in [1.54, 1.807) is 17.2 Å². The number of unbranched alkanes of at least 4 members (excludes halogenated alkanes) is 1. The number of carboxylic acid groups (broad SMARTS) is 1. The van der Waals surface area contributed by atoms with Crippen LogP contribution in [-0.4, -0.2) is 22.7 Å². The molecule has 3 aromatic rings. The minimum Gasteiger partial charge on any atom is -0.478 e. The first-order chi connectivity index (χ1) is 15.4. The highest BCUT2D eigenvalue weighted by Crippen LogP contribution is 2.28. The Morgan fingerprint density at radius 3 is 2.34 bits per heavy atom. The van der Waals surface area contributed by atoms with Crippen molar-refractivity contribution in [2.75, 3.05) is 6.54 Å². The van der Waals surface area contributed by atoms with Crippen molar-refractivity contribution in [3.63, 3.8) is 0 Å². The summed E-state index contributed by atoms with van der Waals surface area (Å²) in [6.45, 7) is 5.05. The van der Waals surface area contributed by atoms with E-state index in [0.29, 0.717) is 17.7 Å². The predicted molar refractivity (Wildman–Crippen MR) is 120 cm³/mol. The third-order valence-electron chi connectivity index (χ3n) is 5.21. The third kappa shape index (κ3) is 6.22. The molecular weight excluding hydrogens is 412 g/mol. The highest BCUT2D eigenvalue weighted by molar-refractivity contribution is 5.96. The van der Waals surface area contributed by atoms with Gasteiger partial charge in [0.25, 0.3) is 0 Å². The molecule has 0 unspecified atom stereocenters. The topological polar surface area (TPSA) is 49.8 Å². The van der Waals surface area contributed by atoms with Gasteiger partial charge in [-0.3, -0.25) is 4.84 Å². The fourth-order valence-corrected chi connectivity index (χ4v) is 3.56. The van der Waals surface area contributed by atoms with E-state index in [2.05, 4.69) is 6.92 Å². The molecule has 0 spiro atoms. The second-order valence-corrected chi connectivity index (χ2v) is 7.77. The maximum atomic E-state index is 13.6. The van der Waals surface area contributed by atoms with Crippen LogP contribution < -0.4 is 0 Å². The van der Waals surface area contributed by atoms with Gasteiger partial charge in [0.15, 0.2) is 0 Å². The Balaban J connectivity index is 1.81. The van der Waals surface area contributed by atoms with Crippen LogP contribution in [0.3, 0.4) is 0 Å². The number of aryl methyl sites for hydroxylation is 1. The van der Waals surface area contributed by atoms with Crippen molar-refractivity contribution in [3.8, 4) is 11.1 Å². The fourth-order valence-electron chi connectivity index (χ4n) is 3.56. The van der Waals surface area contributed by atoms with Crippen molar-refractivity contribution in [1.82, 2.24) is 5.06 Å². The van der Waals surface area contributed by atoms with Gasteiger partial charge in [0.1, 0.15) is 11.6 Å². The second kappa shape index (κ2) is 11.0. The monoisotopic (exact) mass is 439 g/mol. The van der Waals surface area contributed by atoms with E-state index >= 15 is 0 Å². The molecule has 1 N–H and O–H groups in total. The SMILES string of the molecule is CCCCN(Cc1cc(F)cc(F)c1)OCc1ccc(C(=O)O)c(-c2ccccc2C)c1. The van der Waals surface area contributed by atoms with E-state index < -0.39 is 17.6 Å². The molecule has 0 aliphatic heterocycles. The average Bonchev–Trinajstić information content (AvgIpc) is 2.75. The average molecular weight is 440 g/mol. The molecule has 0 radical (unpaired) electrons. The van der Waals surface area contributed by atoms with Gasteiger partial charge in [-0.05, 0) is 65.4 Å². The Morgan fingerprint density at radius 2 is 1.69 bits per heavy atom. The Hall–Kier alpha value is -3.09. The molecule has 4 nitrogen and oxygen atoms in total. The molecule has 0 aliphatic rings. The normalized spacial score (nSPS) is 11.2. The van der Waals surface area contributed by atoms with Gasteiger partial charge in [-0.25, -0.2) is 13.6 Å². The number of hydroxylamine groups is 2. The Kier molecular flexibility index (Phi) is 8.09. The molecule has 3 aromatic carbocycles. The summed E-state index contributed by atoms with van der Waals surface area (Å²) >= 11 is 0. The summed E-state index contributed by atoms with van der Waals surface area (Å²) in [5.74, 6) is -2.24. The Bertz CT molecular complexity index is 1060. The van der Waals surface area contributed by atoms with Crippen molar-refractivity contribution < 1.29 is 23.5 Å². The lowest BCUT2D eigenvalue weighted by atomic mass is 9.94. The quantitative estimate of drug-likeness (QED) is 0.373. The molecule has 0 amide bonds. The van der Waals surface area contributed by atoms with Crippen LogP contribution in [-0.2, 0) is 18.0 Å².